The number of hydrogen-bond donors (Lipinski definition) is 0. The number of rotatable bonds is 5. The number of benzene rings is 1. The zero-order valence-electron chi connectivity index (χ0n) is 11.6. The Hall–Kier alpha value is -0.900. The summed E-state index contributed by atoms with van der Waals surface area (Å²) in [5.41, 5.74) is 2.18. The fraction of sp³-hybridized carbons (Fsp3) is 0.333. The molecule has 108 valence electrons. The maximum absolute atomic E-state index is 6.47. The van der Waals surface area contributed by atoms with Gasteiger partial charge in [-0.15, -0.1) is 22.9 Å². The van der Waals surface area contributed by atoms with E-state index in [1.807, 2.05) is 31.2 Å². The molecule has 1 heterocycles. The highest BCUT2D eigenvalue weighted by molar-refractivity contribution is 7.16. The molecule has 0 aliphatic carbocycles. The second-order valence-electron chi connectivity index (χ2n) is 4.47. The van der Waals surface area contributed by atoms with Crippen LogP contribution in [0.1, 0.15) is 21.4 Å². The molecule has 0 N–H and O–H groups in total. The van der Waals surface area contributed by atoms with Crippen LogP contribution >= 0.6 is 34.5 Å². The number of alkyl halides is 1. The highest BCUT2D eigenvalue weighted by Gasteiger charge is 2.15. The Morgan fingerprint density at radius 3 is 2.40 bits per heavy atom. The summed E-state index contributed by atoms with van der Waals surface area (Å²) in [6, 6.07) is 7.89. The molecule has 2 aromatic rings. The predicted molar refractivity (Wildman–Crippen MR) is 85.9 cm³/mol. The van der Waals surface area contributed by atoms with Crippen molar-refractivity contribution >= 4 is 34.5 Å². The van der Waals surface area contributed by atoms with Gasteiger partial charge in [-0.05, 0) is 42.7 Å². The normalized spacial score (nSPS) is 12.2. The standard InChI is InChI=1S/C15H16Cl2O2S/c1-9-6-14(20-15(9)17)11(16)7-10-4-5-12(18-2)13(8-10)19-3/h4-6,8,11H,7H2,1-3H3. The van der Waals surface area contributed by atoms with E-state index < -0.39 is 0 Å². The highest BCUT2D eigenvalue weighted by atomic mass is 35.5. The van der Waals surface area contributed by atoms with Crippen LogP contribution < -0.4 is 9.47 Å². The average molecular weight is 331 g/mol. The van der Waals surface area contributed by atoms with E-state index in [1.165, 1.54) is 11.3 Å². The molecule has 0 fully saturated rings. The van der Waals surface area contributed by atoms with Crippen LogP contribution in [-0.4, -0.2) is 14.2 Å². The summed E-state index contributed by atoms with van der Waals surface area (Å²) in [7, 11) is 3.25. The summed E-state index contributed by atoms with van der Waals surface area (Å²) in [5.74, 6) is 1.44. The molecule has 1 aromatic heterocycles. The topological polar surface area (TPSA) is 18.5 Å². The molecule has 2 nitrogen and oxygen atoms in total. The van der Waals surface area contributed by atoms with Gasteiger partial charge in [-0.25, -0.2) is 0 Å². The number of ether oxygens (including phenoxy) is 2. The fourth-order valence-electron chi connectivity index (χ4n) is 1.95. The second-order valence-corrected chi connectivity index (χ2v) is 6.68. The lowest BCUT2D eigenvalue weighted by atomic mass is 10.1. The Balaban J connectivity index is 2.17. The van der Waals surface area contributed by atoms with Crippen molar-refractivity contribution in [3.8, 4) is 11.5 Å². The van der Waals surface area contributed by atoms with Gasteiger partial charge in [0.25, 0.3) is 0 Å². The van der Waals surface area contributed by atoms with Gasteiger partial charge in [-0.1, -0.05) is 17.7 Å². The van der Waals surface area contributed by atoms with E-state index in [0.717, 1.165) is 32.5 Å². The smallest absolute Gasteiger partial charge is 0.160 e. The van der Waals surface area contributed by atoms with Crippen LogP contribution in [0.5, 0.6) is 11.5 Å². The molecule has 2 rings (SSSR count). The van der Waals surface area contributed by atoms with Crippen molar-refractivity contribution in [2.24, 2.45) is 0 Å². The molecule has 0 saturated carbocycles. The lowest BCUT2D eigenvalue weighted by molar-refractivity contribution is 0.354. The Morgan fingerprint density at radius 1 is 1.15 bits per heavy atom. The van der Waals surface area contributed by atoms with Crippen LogP contribution in [0.3, 0.4) is 0 Å². The molecule has 0 spiro atoms. The minimum absolute atomic E-state index is 0.0932. The third-order valence-corrected chi connectivity index (χ3v) is 5.24. The van der Waals surface area contributed by atoms with Gasteiger partial charge in [0.2, 0.25) is 0 Å². The quantitative estimate of drug-likeness (QED) is 0.697. The summed E-state index contributed by atoms with van der Waals surface area (Å²) in [4.78, 5) is 1.09. The van der Waals surface area contributed by atoms with E-state index >= 15 is 0 Å². The van der Waals surface area contributed by atoms with Crippen LogP contribution in [0.25, 0.3) is 0 Å². The van der Waals surface area contributed by atoms with Gasteiger partial charge in [-0.3, -0.25) is 0 Å². The monoisotopic (exact) mass is 330 g/mol. The van der Waals surface area contributed by atoms with E-state index in [1.54, 1.807) is 14.2 Å². The van der Waals surface area contributed by atoms with Gasteiger partial charge in [0.1, 0.15) is 0 Å². The van der Waals surface area contributed by atoms with E-state index in [0.29, 0.717) is 5.75 Å². The third-order valence-electron chi connectivity index (χ3n) is 3.05. The lowest BCUT2D eigenvalue weighted by Crippen LogP contribution is -1.96. The van der Waals surface area contributed by atoms with Crippen LogP contribution in [0, 0.1) is 6.92 Å². The van der Waals surface area contributed by atoms with E-state index in [-0.39, 0.29) is 5.38 Å². The first-order chi connectivity index (χ1) is 9.55. The zero-order chi connectivity index (χ0) is 14.7. The molecule has 0 radical (unpaired) electrons. The summed E-state index contributed by atoms with van der Waals surface area (Å²) < 4.78 is 11.3. The number of aryl methyl sites for hydroxylation is 1. The Labute approximate surface area is 133 Å². The van der Waals surface area contributed by atoms with Crippen molar-refractivity contribution in [3.05, 3.63) is 44.6 Å². The molecule has 0 aliphatic rings. The summed E-state index contributed by atoms with van der Waals surface area (Å²) in [6.45, 7) is 1.99. The maximum atomic E-state index is 6.47. The maximum Gasteiger partial charge on any atom is 0.160 e. The summed E-state index contributed by atoms with van der Waals surface area (Å²) in [5, 5.41) is -0.0932. The molecule has 0 bridgehead atoms. The van der Waals surface area contributed by atoms with Gasteiger partial charge in [0.15, 0.2) is 11.5 Å². The van der Waals surface area contributed by atoms with Crippen LogP contribution in [0.2, 0.25) is 4.34 Å². The number of thiophene rings is 1. The minimum atomic E-state index is -0.0932. The molecular formula is C15H16Cl2O2S. The molecule has 5 heteroatoms. The Bertz CT molecular complexity index is 576. The number of halogens is 2. The third kappa shape index (κ3) is 3.40. The number of hydrogen-bond acceptors (Lipinski definition) is 3. The Kier molecular flexibility index (Phi) is 5.19. The first kappa shape index (κ1) is 15.5. The first-order valence-corrected chi connectivity index (χ1v) is 7.79. The second kappa shape index (κ2) is 6.70. The molecule has 0 aliphatic heterocycles. The molecule has 20 heavy (non-hydrogen) atoms. The molecule has 1 aromatic carbocycles. The molecule has 0 saturated heterocycles. The summed E-state index contributed by atoms with van der Waals surface area (Å²) in [6.07, 6.45) is 0.720. The molecule has 1 atom stereocenters. The van der Waals surface area contributed by atoms with E-state index in [4.69, 9.17) is 32.7 Å². The van der Waals surface area contributed by atoms with Gasteiger partial charge >= 0.3 is 0 Å². The average Bonchev–Trinajstić information content (AvgIpc) is 2.78. The first-order valence-electron chi connectivity index (χ1n) is 6.16. The van der Waals surface area contributed by atoms with Gasteiger partial charge < -0.3 is 9.47 Å². The Morgan fingerprint density at radius 2 is 1.85 bits per heavy atom. The van der Waals surface area contributed by atoms with Crippen molar-refractivity contribution in [1.29, 1.82) is 0 Å². The van der Waals surface area contributed by atoms with Gasteiger partial charge in [0, 0.05) is 4.88 Å². The van der Waals surface area contributed by atoms with Crippen molar-refractivity contribution in [3.63, 3.8) is 0 Å². The highest BCUT2D eigenvalue weighted by Crippen LogP contribution is 2.37. The molecule has 1 unspecified atom stereocenters. The van der Waals surface area contributed by atoms with E-state index in [9.17, 15) is 0 Å². The largest absolute Gasteiger partial charge is 0.493 e. The SMILES string of the molecule is COc1ccc(CC(Cl)c2cc(C)c(Cl)s2)cc1OC. The van der Waals surface area contributed by atoms with Crippen LogP contribution in [-0.2, 0) is 6.42 Å². The molecule has 0 amide bonds. The summed E-state index contributed by atoms with van der Waals surface area (Å²) >= 11 is 14.1. The predicted octanol–water partition coefficient (Wildman–Crippen LogP) is 5.25. The van der Waals surface area contributed by atoms with Crippen LogP contribution in [0.15, 0.2) is 24.3 Å². The van der Waals surface area contributed by atoms with Gasteiger partial charge in [0.05, 0.1) is 23.9 Å². The number of methoxy groups -OCH3 is 2. The van der Waals surface area contributed by atoms with Crippen molar-refractivity contribution in [1.82, 2.24) is 0 Å². The van der Waals surface area contributed by atoms with Gasteiger partial charge in [-0.2, -0.15) is 0 Å². The minimum Gasteiger partial charge on any atom is -0.493 e. The van der Waals surface area contributed by atoms with Crippen molar-refractivity contribution in [2.75, 3.05) is 14.2 Å². The molecular weight excluding hydrogens is 315 g/mol. The van der Waals surface area contributed by atoms with Crippen LogP contribution in [0.4, 0.5) is 0 Å². The van der Waals surface area contributed by atoms with E-state index in [2.05, 4.69) is 0 Å². The van der Waals surface area contributed by atoms with Crippen molar-refractivity contribution < 1.29 is 9.47 Å². The fourth-order valence-corrected chi connectivity index (χ4v) is 3.52. The lowest BCUT2D eigenvalue weighted by Gasteiger charge is -2.11. The van der Waals surface area contributed by atoms with Crippen molar-refractivity contribution in [2.45, 2.75) is 18.7 Å². The zero-order valence-corrected chi connectivity index (χ0v) is 13.9.